The minimum atomic E-state index is 1.11. The molecule has 0 saturated heterocycles. The predicted octanol–water partition coefficient (Wildman–Crippen LogP) is 3.89. The summed E-state index contributed by atoms with van der Waals surface area (Å²) in [5.74, 6) is 0. The van der Waals surface area contributed by atoms with Gasteiger partial charge in [0, 0.05) is 12.6 Å². The van der Waals surface area contributed by atoms with Crippen molar-refractivity contribution in [3.05, 3.63) is 47.5 Å². The summed E-state index contributed by atoms with van der Waals surface area (Å²) in [7, 11) is 1.85. The lowest BCUT2D eigenvalue weighted by molar-refractivity contribution is 1.43. The van der Waals surface area contributed by atoms with E-state index in [-0.39, 0.29) is 0 Å². The average Bonchev–Trinajstić information content (AvgIpc) is 2.33. The summed E-state index contributed by atoms with van der Waals surface area (Å²) in [6, 6.07) is 12.8. The zero-order valence-corrected chi connectivity index (χ0v) is 10.6. The largest absolute Gasteiger partial charge is 0.281 e. The summed E-state index contributed by atoms with van der Waals surface area (Å²) in [5.41, 5.74) is 2.56. The lowest BCUT2D eigenvalue weighted by Gasteiger charge is -2.10. The second-order valence-corrected chi connectivity index (χ2v) is 4.51. The van der Waals surface area contributed by atoms with Gasteiger partial charge >= 0.3 is 0 Å². The van der Waals surface area contributed by atoms with Crippen molar-refractivity contribution in [2.45, 2.75) is 6.92 Å². The molecule has 0 aromatic heterocycles. The van der Waals surface area contributed by atoms with E-state index in [2.05, 4.69) is 54.6 Å². The molecular formula is C14H15NS. The monoisotopic (exact) mass is 229 g/mol. The summed E-state index contributed by atoms with van der Waals surface area (Å²) >= 11 is 1.70. The van der Waals surface area contributed by atoms with Crippen LogP contribution in [0.15, 0.2) is 41.4 Å². The Balaban J connectivity index is 2.80. The maximum absolute atomic E-state index is 4.37. The lowest BCUT2D eigenvalue weighted by atomic mass is 10.0. The number of fused-ring (bicyclic) bond motifs is 1. The first kappa shape index (κ1) is 11.2. The number of benzene rings is 2. The van der Waals surface area contributed by atoms with Gasteiger partial charge in [0.05, 0.1) is 5.04 Å². The molecule has 0 atom stereocenters. The highest BCUT2D eigenvalue weighted by Gasteiger charge is 2.09. The van der Waals surface area contributed by atoms with Crippen molar-refractivity contribution in [1.29, 1.82) is 0 Å². The van der Waals surface area contributed by atoms with Crippen LogP contribution in [0, 0.1) is 6.92 Å². The Morgan fingerprint density at radius 1 is 1.12 bits per heavy atom. The Morgan fingerprint density at radius 3 is 2.56 bits per heavy atom. The third-order valence-corrected chi connectivity index (χ3v) is 3.52. The number of hydrogen-bond acceptors (Lipinski definition) is 2. The highest BCUT2D eigenvalue weighted by molar-refractivity contribution is 8.13. The van der Waals surface area contributed by atoms with Gasteiger partial charge in [0.2, 0.25) is 0 Å². The van der Waals surface area contributed by atoms with E-state index < -0.39 is 0 Å². The Hall–Kier alpha value is -1.28. The van der Waals surface area contributed by atoms with Crippen LogP contribution in [0.3, 0.4) is 0 Å². The van der Waals surface area contributed by atoms with E-state index >= 15 is 0 Å². The predicted molar refractivity (Wildman–Crippen MR) is 74.7 cm³/mol. The molecule has 1 nitrogen and oxygen atoms in total. The molecule has 0 N–H and O–H groups in total. The molecule has 0 saturated carbocycles. The zero-order valence-electron chi connectivity index (χ0n) is 9.82. The molecule has 2 rings (SSSR count). The van der Waals surface area contributed by atoms with Gasteiger partial charge in [0.25, 0.3) is 0 Å². The van der Waals surface area contributed by atoms with E-state index in [1.54, 1.807) is 11.8 Å². The SMILES string of the molecule is CN=C(SC)c1c(C)ccc2ccccc12. The molecule has 0 radical (unpaired) electrons. The van der Waals surface area contributed by atoms with Crippen molar-refractivity contribution in [3.63, 3.8) is 0 Å². The van der Waals surface area contributed by atoms with Crippen LogP contribution in [-0.4, -0.2) is 18.3 Å². The normalized spacial score (nSPS) is 12.1. The lowest BCUT2D eigenvalue weighted by Crippen LogP contribution is -1.99. The van der Waals surface area contributed by atoms with Crippen molar-refractivity contribution in [1.82, 2.24) is 0 Å². The smallest absolute Gasteiger partial charge is 0.0979 e. The number of hydrogen-bond donors (Lipinski definition) is 0. The second kappa shape index (κ2) is 4.71. The molecule has 0 heterocycles. The fourth-order valence-corrected chi connectivity index (χ4v) is 2.63. The molecule has 0 amide bonds. The van der Waals surface area contributed by atoms with Crippen molar-refractivity contribution < 1.29 is 0 Å². The molecule has 0 fully saturated rings. The molecule has 0 aliphatic heterocycles. The van der Waals surface area contributed by atoms with Crippen LogP contribution in [0.4, 0.5) is 0 Å². The maximum Gasteiger partial charge on any atom is 0.0979 e. The van der Waals surface area contributed by atoms with Gasteiger partial charge in [0.15, 0.2) is 0 Å². The van der Waals surface area contributed by atoms with E-state index in [0.717, 1.165) is 5.04 Å². The Morgan fingerprint density at radius 2 is 1.88 bits per heavy atom. The Bertz CT molecular complexity index is 543. The fourth-order valence-electron chi connectivity index (χ4n) is 1.97. The first-order valence-corrected chi connectivity index (χ1v) is 6.50. The van der Waals surface area contributed by atoms with Crippen LogP contribution in [0.1, 0.15) is 11.1 Å². The zero-order chi connectivity index (χ0) is 11.5. The van der Waals surface area contributed by atoms with Crippen LogP contribution >= 0.6 is 11.8 Å². The van der Waals surface area contributed by atoms with Gasteiger partial charge in [-0.05, 0) is 29.5 Å². The molecule has 2 aromatic carbocycles. The van der Waals surface area contributed by atoms with Crippen molar-refractivity contribution in [2.75, 3.05) is 13.3 Å². The van der Waals surface area contributed by atoms with E-state index in [0.29, 0.717) is 0 Å². The van der Waals surface area contributed by atoms with Gasteiger partial charge in [-0.1, -0.05) is 36.4 Å². The van der Waals surface area contributed by atoms with Crippen LogP contribution in [0.5, 0.6) is 0 Å². The number of aliphatic imine (C=N–C) groups is 1. The third kappa shape index (κ3) is 1.85. The standard InChI is InChI=1S/C14H15NS/c1-10-8-9-11-6-4-5-7-12(11)13(10)14(15-2)16-3/h4-9H,1-3H3. The highest BCUT2D eigenvalue weighted by Crippen LogP contribution is 2.25. The van der Waals surface area contributed by atoms with E-state index in [1.807, 2.05) is 7.05 Å². The van der Waals surface area contributed by atoms with Crippen LogP contribution in [0.25, 0.3) is 10.8 Å². The van der Waals surface area contributed by atoms with Crippen molar-refractivity contribution in [3.8, 4) is 0 Å². The molecule has 0 spiro atoms. The summed E-state index contributed by atoms with van der Waals surface area (Å²) < 4.78 is 0. The molecule has 0 aliphatic rings. The van der Waals surface area contributed by atoms with Crippen molar-refractivity contribution in [2.24, 2.45) is 4.99 Å². The van der Waals surface area contributed by atoms with Gasteiger partial charge in [-0.25, -0.2) is 0 Å². The van der Waals surface area contributed by atoms with E-state index in [4.69, 9.17) is 0 Å². The minimum absolute atomic E-state index is 1.11. The van der Waals surface area contributed by atoms with Gasteiger partial charge in [0.1, 0.15) is 0 Å². The first-order valence-electron chi connectivity index (χ1n) is 5.27. The summed E-state index contributed by atoms with van der Waals surface area (Å²) in [5, 5.41) is 3.67. The average molecular weight is 229 g/mol. The second-order valence-electron chi connectivity index (χ2n) is 3.71. The molecule has 2 heteroatoms. The van der Waals surface area contributed by atoms with Crippen LogP contribution in [-0.2, 0) is 0 Å². The number of thioether (sulfide) groups is 1. The highest BCUT2D eigenvalue weighted by atomic mass is 32.2. The van der Waals surface area contributed by atoms with E-state index in [9.17, 15) is 0 Å². The first-order chi connectivity index (χ1) is 7.77. The molecule has 0 unspecified atom stereocenters. The molecule has 0 bridgehead atoms. The Kier molecular flexibility index (Phi) is 3.30. The van der Waals surface area contributed by atoms with Gasteiger partial charge < -0.3 is 0 Å². The molecule has 0 aliphatic carbocycles. The summed E-state index contributed by atoms with van der Waals surface area (Å²) in [4.78, 5) is 4.37. The quantitative estimate of drug-likeness (QED) is 0.534. The van der Waals surface area contributed by atoms with Crippen LogP contribution in [0.2, 0.25) is 0 Å². The molecule has 16 heavy (non-hydrogen) atoms. The Labute approximate surface area is 101 Å². The number of rotatable bonds is 1. The topological polar surface area (TPSA) is 12.4 Å². The van der Waals surface area contributed by atoms with Gasteiger partial charge in [-0.3, -0.25) is 4.99 Å². The fraction of sp³-hybridized carbons (Fsp3) is 0.214. The van der Waals surface area contributed by atoms with E-state index in [1.165, 1.54) is 21.9 Å². The molecule has 2 aromatic rings. The minimum Gasteiger partial charge on any atom is -0.281 e. The third-order valence-electron chi connectivity index (χ3n) is 2.75. The van der Waals surface area contributed by atoms with Crippen molar-refractivity contribution >= 4 is 27.6 Å². The number of nitrogens with zero attached hydrogens (tertiary/aromatic N) is 1. The van der Waals surface area contributed by atoms with Gasteiger partial charge in [-0.15, -0.1) is 11.8 Å². The molecular weight excluding hydrogens is 214 g/mol. The van der Waals surface area contributed by atoms with Crippen LogP contribution < -0.4 is 0 Å². The summed E-state index contributed by atoms with van der Waals surface area (Å²) in [6.07, 6.45) is 2.07. The molecule has 82 valence electrons. The number of aryl methyl sites for hydroxylation is 1. The van der Waals surface area contributed by atoms with Gasteiger partial charge in [-0.2, -0.15) is 0 Å². The summed E-state index contributed by atoms with van der Waals surface area (Å²) in [6.45, 7) is 2.14. The maximum atomic E-state index is 4.37.